The average molecular weight is 326 g/mol. The van der Waals surface area contributed by atoms with Crippen molar-refractivity contribution in [2.24, 2.45) is 0 Å². The Labute approximate surface area is 139 Å². The van der Waals surface area contributed by atoms with Gasteiger partial charge in [0.15, 0.2) is 0 Å². The number of nitrogens with zero attached hydrogens (tertiary/aromatic N) is 3. The molecule has 0 aliphatic rings. The summed E-state index contributed by atoms with van der Waals surface area (Å²) in [6, 6.07) is 8.69. The van der Waals surface area contributed by atoms with E-state index in [0.29, 0.717) is 11.9 Å². The Morgan fingerprint density at radius 3 is 2.48 bits per heavy atom. The number of nitrogens with one attached hydrogen (secondary N) is 1. The maximum absolute atomic E-state index is 9.33. The van der Waals surface area contributed by atoms with Crippen LogP contribution in [-0.2, 0) is 0 Å². The first-order valence-electron chi connectivity index (χ1n) is 7.39. The molecular formula is C17H18N4OS. The van der Waals surface area contributed by atoms with Gasteiger partial charge in [0.05, 0.1) is 21.3 Å². The number of anilines is 2. The molecule has 0 saturated heterocycles. The number of aromatic hydroxyl groups is 1. The Hall–Kier alpha value is -2.47. The van der Waals surface area contributed by atoms with Crippen LogP contribution >= 0.6 is 11.3 Å². The second-order valence-electron chi connectivity index (χ2n) is 5.56. The molecule has 3 rings (SSSR count). The van der Waals surface area contributed by atoms with Crippen molar-refractivity contribution in [2.75, 3.05) is 5.32 Å². The molecule has 2 N–H and O–H groups in total. The zero-order valence-corrected chi connectivity index (χ0v) is 14.1. The molecule has 0 fully saturated rings. The SMILES string of the molecule is Cc1nc(C(C)C)sc1-c1ccnc(Nc2ccc(O)cc2)n1. The molecule has 3 aromatic rings. The van der Waals surface area contributed by atoms with Gasteiger partial charge in [-0.05, 0) is 37.3 Å². The number of thiazole rings is 1. The van der Waals surface area contributed by atoms with Gasteiger partial charge in [0.1, 0.15) is 5.75 Å². The summed E-state index contributed by atoms with van der Waals surface area (Å²) in [7, 11) is 0. The fraction of sp³-hybridized carbons (Fsp3) is 0.235. The number of phenolic OH excluding ortho intramolecular Hbond substituents is 1. The molecule has 0 radical (unpaired) electrons. The van der Waals surface area contributed by atoms with Crippen molar-refractivity contribution in [3.8, 4) is 16.3 Å². The molecule has 0 bridgehead atoms. The highest BCUT2D eigenvalue weighted by Gasteiger charge is 2.13. The lowest BCUT2D eigenvalue weighted by atomic mass is 10.2. The summed E-state index contributed by atoms with van der Waals surface area (Å²) in [6.45, 7) is 6.28. The summed E-state index contributed by atoms with van der Waals surface area (Å²) in [5.41, 5.74) is 2.68. The summed E-state index contributed by atoms with van der Waals surface area (Å²) in [6.07, 6.45) is 1.74. The van der Waals surface area contributed by atoms with Crippen LogP contribution in [0.1, 0.15) is 30.5 Å². The molecule has 0 unspecified atom stereocenters. The van der Waals surface area contributed by atoms with Crippen LogP contribution < -0.4 is 5.32 Å². The molecule has 0 atom stereocenters. The van der Waals surface area contributed by atoms with Gasteiger partial charge >= 0.3 is 0 Å². The van der Waals surface area contributed by atoms with Crippen molar-refractivity contribution >= 4 is 23.0 Å². The summed E-state index contributed by atoms with van der Waals surface area (Å²) in [4.78, 5) is 14.5. The molecule has 5 nitrogen and oxygen atoms in total. The third-order valence-corrected chi connectivity index (χ3v) is 4.80. The van der Waals surface area contributed by atoms with Crippen LogP contribution in [0.25, 0.3) is 10.6 Å². The van der Waals surface area contributed by atoms with E-state index in [2.05, 4.69) is 34.1 Å². The molecule has 0 spiro atoms. The minimum atomic E-state index is 0.228. The van der Waals surface area contributed by atoms with Gasteiger partial charge in [-0.2, -0.15) is 0 Å². The lowest BCUT2D eigenvalue weighted by Gasteiger charge is -2.06. The van der Waals surface area contributed by atoms with Crippen molar-refractivity contribution in [2.45, 2.75) is 26.7 Å². The Bertz CT molecular complexity index is 812. The monoisotopic (exact) mass is 326 g/mol. The Morgan fingerprint density at radius 2 is 1.83 bits per heavy atom. The zero-order chi connectivity index (χ0) is 16.4. The fourth-order valence-electron chi connectivity index (χ4n) is 2.12. The summed E-state index contributed by atoms with van der Waals surface area (Å²) >= 11 is 1.68. The van der Waals surface area contributed by atoms with E-state index in [0.717, 1.165) is 27.0 Å². The van der Waals surface area contributed by atoms with Crippen molar-refractivity contribution < 1.29 is 5.11 Å². The number of hydrogen-bond donors (Lipinski definition) is 2. The quantitative estimate of drug-likeness (QED) is 0.692. The van der Waals surface area contributed by atoms with Crippen LogP contribution in [0.4, 0.5) is 11.6 Å². The van der Waals surface area contributed by atoms with E-state index in [9.17, 15) is 5.11 Å². The van der Waals surface area contributed by atoms with E-state index in [1.807, 2.05) is 13.0 Å². The second kappa shape index (κ2) is 6.34. The second-order valence-corrected chi connectivity index (χ2v) is 6.59. The van der Waals surface area contributed by atoms with E-state index in [4.69, 9.17) is 0 Å². The predicted molar refractivity (Wildman–Crippen MR) is 93.4 cm³/mol. The fourth-order valence-corrected chi connectivity index (χ4v) is 3.16. The van der Waals surface area contributed by atoms with Gasteiger partial charge < -0.3 is 10.4 Å². The smallest absolute Gasteiger partial charge is 0.227 e. The third kappa shape index (κ3) is 3.48. The standard InChI is InChI=1S/C17H18N4OS/c1-10(2)16-19-11(3)15(23-16)14-8-9-18-17(21-14)20-12-4-6-13(22)7-5-12/h4-10,22H,1-3H3,(H,18,20,21). The van der Waals surface area contributed by atoms with Gasteiger partial charge in [-0.3, -0.25) is 0 Å². The first kappa shape index (κ1) is 15.4. The first-order chi connectivity index (χ1) is 11.0. The molecule has 2 aromatic heterocycles. The molecule has 23 heavy (non-hydrogen) atoms. The van der Waals surface area contributed by atoms with Gasteiger partial charge in [0, 0.05) is 17.8 Å². The molecule has 0 amide bonds. The van der Waals surface area contributed by atoms with Crippen LogP contribution in [0.3, 0.4) is 0 Å². The highest BCUT2D eigenvalue weighted by molar-refractivity contribution is 7.15. The van der Waals surface area contributed by atoms with Gasteiger partial charge in [0.2, 0.25) is 5.95 Å². The molecule has 6 heteroatoms. The van der Waals surface area contributed by atoms with E-state index < -0.39 is 0 Å². The van der Waals surface area contributed by atoms with Crippen LogP contribution in [0.5, 0.6) is 5.75 Å². The first-order valence-corrected chi connectivity index (χ1v) is 8.21. The largest absolute Gasteiger partial charge is 0.508 e. The average Bonchev–Trinajstić information content (AvgIpc) is 2.92. The van der Waals surface area contributed by atoms with Crippen molar-refractivity contribution in [1.82, 2.24) is 15.0 Å². The Morgan fingerprint density at radius 1 is 1.09 bits per heavy atom. The number of rotatable bonds is 4. The van der Waals surface area contributed by atoms with E-state index in [1.54, 1.807) is 41.8 Å². The Balaban J connectivity index is 1.89. The summed E-state index contributed by atoms with van der Waals surface area (Å²) in [5, 5.41) is 13.6. The normalized spacial score (nSPS) is 11.0. The maximum Gasteiger partial charge on any atom is 0.227 e. The molecule has 2 heterocycles. The van der Waals surface area contributed by atoms with Crippen LogP contribution in [0, 0.1) is 6.92 Å². The maximum atomic E-state index is 9.33. The van der Waals surface area contributed by atoms with Crippen molar-refractivity contribution in [3.63, 3.8) is 0 Å². The third-order valence-electron chi connectivity index (χ3n) is 3.32. The number of phenols is 1. The number of benzene rings is 1. The number of aromatic nitrogens is 3. The van der Waals surface area contributed by atoms with Crippen molar-refractivity contribution in [3.05, 3.63) is 47.2 Å². The van der Waals surface area contributed by atoms with Crippen LogP contribution in [-0.4, -0.2) is 20.1 Å². The number of hydrogen-bond acceptors (Lipinski definition) is 6. The lowest BCUT2D eigenvalue weighted by Crippen LogP contribution is -1.97. The van der Waals surface area contributed by atoms with E-state index >= 15 is 0 Å². The summed E-state index contributed by atoms with van der Waals surface area (Å²) in [5.74, 6) is 1.16. The minimum absolute atomic E-state index is 0.228. The lowest BCUT2D eigenvalue weighted by molar-refractivity contribution is 0.475. The van der Waals surface area contributed by atoms with Crippen LogP contribution in [0.15, 0.2) is 36.5 Å². The highest BCUT2D eigenvalue weighted by Crippen LogP contribution is 2.32. The molecule has 118 valence electrons. The topological polar surface area (TPSA) is 70.9 Å². The van der Waals surface area contributed by atoms with Gasteiger partial charge in [-0.1, -0.05) is 13.8 Å². The predicted octanol–water partition coefficient (Wildman–Crippen LogP) is 4.48. The van der Waals surface area contributed by atoms with Gasteiger partial charge in [-0.25, -0.2) is 15.0 Å². The highest BCUT2D eigenvalue weighted by atomic mass is 32.1. The molecule has 0 aliphatic heterocycles. The minimum Gasteiger partial charge on any atom is -0.508 e. The molecular weight excluding hydrogens is 308 g/mol. The molecule has 0 aliphatic carbocycles. The zero-order valence-electron chi connectivity index (χ0n) is 13.2. The molecule has 0 saturated carbocycles. The molecule has 1 aromatic carbocycles. The van der Waals surface area contributed by atoms with Crippen molar-refractivity contribution in [1.29, 1.82) is 0 Å². The Kier molecular flexibility index (Phi) is 4.25. The van der Waals surface area contributed by atoms with E-state index in [-0.39, 0.29) is 5.75 Å². The van der Waals surface area contributed by atoms with Gasteiger partial charge in [-0.15, -0.1) is 11.3 Å². The van der Waals surface area contributed by atoms with Gasteiger partial charge in [0.25, 0.3) is 0 Å². The summed E-state index contributed by atoms with van der Waals surface area (Å²) < 4.78 is 0. The number of aryl methyl sites for hydroxylation is 1. The van der Waals surface area contributed by atoms with Crippen LogP contribution in [0.2, 0.25) is 0 Å². The van der Waals surface area contributed by atoms with E-state index in [1.165, 1.54) is 0 Å².